The third kappa shape index (κ3) is 8.23. The number of nitrogens with one attached hydrogen (secondary N) is 3. The van der Waals surface area contributed by atoms with E-state index in [0.29, 0.717) is 23.9 Å². The molecule has 1 aromatic heterocycles. The summed E-state index contributed by atoms with van der Waals surface area (Å²) in [6.07, 6.45) is -3.09. The van der Waals surface area contributed by atoms with E-state index >= 15 is 0 Å². The van der Waals surface area contributed by atoms with Crippen LogP contribution < -0.4 is 20.7 Å². The molecule has 0 saturated heterocycles. The van der Waals surface area contributed by atoms with Crippen LogP contribution >= 0.6 is 0 Å². The van der Waals surface area contributed by atoms with E-state index in [4.69, 9.17) is 9.47 Å². The Balaban J connectivity index is 1.50. The van der Waals surface area contributed by atoms with E-state index < -0.39 is 50.9 Å². The molecule has 242 valence electrons. The molecule has 0 fully saturated rings. The second kappa shape index (κ2) is 13.8. The largest absolute Gasteiger partial charge is 0.480 e. The van der Waals surface area contributed by atoms with E-state index in [9.17, 15) is 35.8 Å². The number of hydrogen-bond donors (Lipinski definition) is 3. The first-order valence-corrected chi connectivity index (χ1v) is 15.0. The first kappa shape index (κ1) is 33.6. The Hall–Kier alpha value is -5.32. The Bertz CT molecular complexity index is 1910. The summed E-state index contributed by atoms with van der Waals surface area (Å²) < 4.78 is 94.5. The molecule has 1 atom stereocenters. The molecule has 17 heteroatoms. The second-order valence-electron chi connectivity index (χ2n) is 9.33. The molecule has 0 saturated carbocycles. The maximum atomic E-state index is 15.0. The number of amides is 3. The van der Waals surface area contributed by atoms with Crippen molar-refractivity contribution in [3.8, 4) is 17.0 Å². The van der Waals surface area contributed by atoms with Gasteiger partial charge in [0.25, 0.3) is 0 Å². The van der Waals surface area contributed by atoms with Crippen LogP contribution in [0.15, 0.2) is 76.1 Å². The van der Waals surface area contributed by atoms with Gasteiger partial charge in [-0.15, -0.1) is 4.36 Å². The average Bonchev–Trinajstić information content (AvgIpc) is 2.98. The molecule has 11 nitrogen and oxygen atoms in total. The summed E-state index contributed by atoms with van der Waals surface area (Å²) in [6.45, 7) is 1.67. The number of aromatic nitrogens is 2. The summed E-state index contributed by atoms with van der Waals surface area (Å²) in [7, 11) is -1.80. The summed E-state index contributed by atoms with van der Waals surface area (Å²) in [5.74, 6) is -1.97. The number of alkyl halides is 3. The quantitative estimate of drug-likeness (QED) is 0.165. The third-order valence-electron chi connectivity index (χ3n) is 6.06. The van der Waals surface area contributed by atoms with Crippen molar-refractivity contribution in [3.05, 3.63) is 84.1 Å². The molecule has 0 radical (unpaired) electrons. The van der Waals surface area contributed by atoms with Gasteiger partial charge >= 0.3 is 18.3 Å². The first-order valence-electron chi connectivity index (χ1n) is 13.1. The van der Waals surface area contributed by atoms with E-state index in [1.165, 1.54) is 43.8 Å². The van der Waals surface area contributed by atoms with E-state index in [0.717, 1.165) is 6.07 Å². The van der Waals surface area contributed by atoms with Crippen LogP contribution in [0.3, 0.4) is 0 Å². The maximum absolute atomic E-state index is 15.0. The van der Waals surface area contributed by atoms with Crippen molar-refractivity contribution >= 4 is 44.9 Å². The Morgan fingerprint density at radius 3 is 2.39 bits per heavy atom. The highest BCUT2D eigenvalue weighted by Gasteiger charge is 2.31. The molecule has 0 aliphatic rings. The molecule has 4 rings (SSSR count). The number of methoxy groups -OCH3 is 1. The van der Waals surface area contributed by atoms with E-state index in [1.54, 1.807) is 19.1 Å². The van der Waals surface area contributed by atoms with Crippen molar-refractivity contribution in [1.82, 2.24) is 9.97 Å². The average molecular weight is 665 g/mol. The Kier molecular flexibility index (Phi) is 10.0. The van der Waals surface area contributed by atoms with E-state index in [1.807, 2.05) is 5.32 Å². The molecule has 0 unspecified atom stereocenters. The zero-order valence-corrected chi connectivity index (χ0v) is 25.1. The van der Waals surface area contributed by atoms with Gasteiger partial charge in [0.15, 0.2) is 0 Å². The number of halogens is 5. The van der Waals surface area contributed by atoms with Gasteiger partial charge in [0.05, 0.1) is 45.9 Å². The highest BCUT2D eigenvalue weighted by atomic mass is 32.2. The minimum absolute atomic E-state index is 0.0307. The predicted molar refractivity (Wildman–Crippen MR) is 160 cm³/mol. The smallest absolute Gasteiger partial charge is 0.442 e. The van der Waals surface area contributed by atoms with Gasteiger partial charge in [-0.25, -0.2) is 27.6 Å². The molecule has 0 aliphatic carbocycles. The van der Waals surface area contributed by atoms with Crippen molar-refractivity contribution in [1.29, 1.82) is 0 Å². The summed E-state index contributed by atoms with van der Waals surface area (Å²) in [5, 5.41) is 6.98. The van der Waals surface area contributed by atoms with Crippen LogP contribution in [0, 0.1) is 11.6 Å². The zero-order chi connectivity index (χ0) is 33.6. The number of rotatable bonds is 8. The number of urea groups is 1. The molecule has 0 aliphatic heterocycles. The number of anilines is 4. The minimum atomic E-state index is -4.77. The lowest BCUT2D eigenvalue weighted by atomic mass is 10.1. The zero-order valence-electron chi connectivity index (χ0n) is 24.2. The highest BCUT2D eigenvalue weighted by Crippen LogP contribution is 2.33. The standard InChI is InChI=1S/C29H25F5N6O5S/c1-4-45-28(42)40-46(3,43)19-7-5-6-18(14-19)36-26-35-15-20(25(39-26)44-2)16-8-11-23(22(31)12-16)37-27(41)38-24-13-17(29(32,33)34)9-10-21(24)30/h5-15H,4H2,1-3H3,(H,35,36,39)(H2,37,38,41)/t46-/m1/s1. The minimum Gasteiger partial charge on any atom is -0.480 e. The SMILES string of the molecule is CCOC(=O)N=[S@](C)(=O)c1cccc(Nc2ncc(-c3ccc(NC(=O)Nc4cc(C(F)(F)F)ccc4F)c(F)c3)c(OC)n2)c1. The fourth-order valence-electron chi connectivity index (χ4n) is 3.92. The normalized spacial score (nSPS) is 12.4. The van der Waals surface area contributed by atoms with Crippen LogP contribution in [0.5, 0.6) is 5.88 Å². The van der Waals surface area contributed by atoms with Crippen molar-refractivity contribution < 1.29 is 45.2 Å². The third-order valence-corrected chi connectivity index (χ3v) is 7.69. The molecule has 1 heterocycles. The first-order chi connectivity index (χ1) is 21.7. The van der Waals surface area contributed by atoms with Crippen molar-refractivity contribution in [2.45, 2.75) is 18.0 Å². The lowest BCUT2D eigenvalue weighted by Crippen LogP contribution is -2.21. The molecule has 46 heavy (non-hydrogen) atoms. The van der Waals surface area contributed by atoms with Crippen molar-refractivity contribution in [3.63, 3.8) is 0 Å². The number of benzene rings is 3. The van der Waals surface area contributed by atoms with Crippen LogP contribution in [0.25, 0.3) is 11.1 Å². The van der Waals surface area contributed by atoms with Crippen LogP contribution in [0.4, 0.5) is 54.6 Å². The number of carbonyl (C=O) groups is 2. The lowest BCUT2D eigenvalue weighted by Gasteiger charge is -2.13. The Morgan fingerprint density at radius 1 is 0.978 bits per heavy atom. The molecular formula is C29H25F5N6O5S. The number of nitrogens with zero attached hydrogens (tertiary/aromatic N) is 3. The topological polar surface area (TPSA) is 144 Å². The highest BCUT2D eigenvalue weighted by molar-refractivity contribution is 7.93. The molecule has 3 aromatic carbocycles. The monoisotopic (exact) mass is 664 g/mol. The Labute approximate surface area is 259 Å². The van der Waals surface area contributed by atoms with Crippen molar-refractivity contribution in [2.24, 2.45) is 4.36 Å². The fraction of sp³-hybridized carbons (Fsp3) is 0.172. The maximum Gasteiger partial charge on any atom is 0.442 e. The van der Waals surface area contributed by atoms with Crippen LogP contribution in [-0.4, -0.2) is 46.3 Å². The van der Waals surface area contributed by atoms with Gasteiger partial charge in [0.2, 0.25) is 11.8 Å². The number of hydrogen-bond acceptors (Lipinski definition) is 8. The van der Waals surface area contributed by atoms with E-state index in [2.05, 4.69) is 25.0 Å². The lowest BCUT2D eigenvalue weighted by molar-refractivity contribution is -0.137. The summed E-state index contributed by atoms with van der Waals surface area (Å²) in [5.41, 5.74) is -1.38. The van der Waals surface area contributed by atoms with Gasteiger partial charge in [-0.3, -0.25) is 0 Å². The molecule has 0 spiro atoms. The molecule has 0 bridgehead atoms. The molecule has 3 amide bonds. The fourth-order valence-corrected chi connectivity index (χ4v) is 5.04. The van der Waals surface area contributed by atoms with Gasteiger partial charge in [-0.1, -0.05) is 12.1 Å². The van der Waals surface area contributed by atoms with Gasteiger partial charge in [0, 0.05) is 23.0 Å². The van der Waals surface area contributed by atoms with Gasteiger partial charge in [0.1, 0.15) is 11.6 Å². The summed E-state index contributed by atoms with van der Waals surface area (Å²) in [6, 6.07) is 10.1. The second-order valence-corrected chi connectivity index (χ2v) is 11.6. The molecule has 3 N–H and O–H groups in total. The Morgan fingerprint density at radius 2 is 1.72 bits per heavy atom. The predicted octanol–water partition coefficient (Wildman–Crippen LogP) is 7.45. The summed E-state index contributed by atoms with van der Waals surface area (Å²) in [4.78, 5) is 32.8. The summed E-state index contributed by atoms with van der Waals surface area (Å²) >= 11 is 0. The van der Waals surface area contributed by atoms with Crippen LogP contribution in [-0.2, 0) is 20.6 Å². The number of ether oxygens (including phenoxy) is 2. The number of carbonyl (C=O) groups excluding carboxylic acids is 2. The van der Waals surface area contributed by atoms with Gasteiger partial charge in [-0.2, -0.15) is 18.2 Å². The van der Waals surface area contributed by atoms with Gasteiger partial charge in [-0.05, 0) is 61.0 Å². The van der Waals surface area contributed by atoms with Crippen molar-refractivity contribution in [2.75, 3.05) is 35.9 Å². The van der Waals surface area contributed by atoms with Crippen LogP contribution in [0.2, 0.25) is 0 Å². The van der Waals surface area contributed by atoms with E-state index in [-0.39, 0.29) is 40.1 Å². The van der Waals surface area contributed by atoms with Crippen LogP contribution in [0.1, 0.15) is 12.5 Å². The molecular weight excluding hydrogens is 639 g/mol. The molecule has 4 aromatic rings. The van der Waals surface area contributed by atoms with Gasteiger partial charge < -0.3 is 25.4 Å².